The van der Waals surface area contributed by atoms with Gasteiger partial charge in [0.25, 0.3) is 5.91 Å². The third-order valence-electron chi connectivity index (χ3n) is 5.07. The second-order valence-electron chi connectivity index (χ2n) is 7.05. The molecule has 3 aromatic carbocycles. The van der Waals surface area contributed by atoms with Gasteiger partial charge >= 0.3 is 0 Å². The number of para-hydroxylation sites is 2. The van der Waals surface area contributed by atoms with Crippen LogP contribution in [0.25, 0.3) is 17.1 Å². The maximum absolute atomic E-state index is 13.0. The molecular formula is C24H21BrN4O2. The molecule has 1 N–H and O–H groups in total. The van der Waals surface area contributed by atoms with E-state index in [1.54, 1.807) is 23.9 Å². The fourth-order valence-electron chi connectivity index (χ4n) is 3.25. The highest BCUT2D eigenvalue weighted by atomic mass is 79.9. The quantitative estimate of drug-likeness (QED) is 0.408. The van der Waals surface area contributed by atoms with E-state index < -0.39 is 5.91 Å². The summed E-state index contributed by atoms with van der Waals surface area (Å²) in [6.07, 6.45) is 0. The van der Waals surface area contributed by atoms with Gasteiger partial charge in [0.05, 0.1) is 18.5 Å². The monoisotopic (exact) mass is 476 g/mol. The fourth-order valence-corrected chi connectivity index (χ4v) is 3.52. The number of halogens is 1. The SMILES string of the molecule is COc1ccccc1NC(=O)c1nc(-c2ccc(Br)cc2)n(-c2cccc(C)c2C)n1. The maximum Gasteiger partial charge on any atom is 0.295 e. The molecule has 4 aromatic rings. The zero-order chi connectivity index (χ0) is 22.0. The molecule has 0 unspecified atom stereocenters. The maximum atomic E-state index is 13.0. The van der Waals surface area contributed by atoms with Crippen molar-refractivity contribution in [2.24, 2.45) is 0 Å². The fraction of sp³-hybridized carbons (Fsp3) is 0.125. The van der Waals surface area contributed by atoms with Crippen molar-refractivity contribution in [3.63, 3.8) is 0 Å². The summed E-state index contributed by atoms with van der Waals surface area (Å²) in [5.74, 6) is 0.820. The summed E-state index contributed by atoms with van der Waals surface area (Å²) in [6.45, 7) is 4.08. The van der Waals surface area contributed by atoms with E-state index in [4.69, 9.17) is 4.74 Å². The average Bonchev–Trinajstić information content (AvgIpc) is 3.22. The number of carbonyl (C=O) groups excluding carboxylic acids is 1. The minimum Gasteiger partial charge on any atom is -0.495 e. The second-order valence-corrected chi connectivity index (χ2v) is 7.97. The highest BCUT2D eigenvalue weighted by Gasteiger charge is 2.21. The molecule has 1 heterocycles. The highest BCUT2D eigenvalue weighted by Crippen LogP contribution is 2.27. The Bertz CT molecular complexity index is 1250. The van der Waals surface area contributed by atoms with Crippen LogP contribution in [0.5, 0.6) is 5.75 Å². The van der Waals surface area contributed by atoms with Gasteiger partial charge in [0.2, 0.25) is 5.82 Å². The van der Waals surface area contributed by atoms with E-state index in [9.17, 15) is 4.79 Å². The number of rotatable bonds is 5. The number of nitrogens with one attached hydrogen (secondary N) is 1. The van der Waals surface area contributed by atoms with Crippen molar-refractivity contribution in [3.8, 4) is 22.8 Å². The van der Waals surface area contributed by atoms with Gasteiger partial charge in [0, 0.05) is 10.0 Å². The first-order valence-corrected chi connectivity index (χ1v) is 10.5. The zero-order valence-electron chi connectivity index (χ0n) is 17.4. The van der Waals surface area contributed by atoms with E-state index in [0.717, 1.165) is 26.9 Å². The Morgan fingerprint density at radius 1 is 1.00 bits per heavy atom. The molecule has 0 spiro atoms. The number of benzene rings is 3. The van der Waals surface area contributed by atoms with Crippen molar-refractivity contribution in [2.75, 3.05) is 12.4 Å². The van der Waals surface area contributed by atoms with Crippen LogP contribution in [0, 0.1) is 13.8 Å². The van der Waals surface area contributed by atoms with Crippen molar-refractivity contribution in [3.05, 3.63) is 88.2 Å². The Morgan fingerprint density at radius 3 is 2.48 bits per heavy atom. The molecule has 1 aromatic heterocycles. The molecule has 7 heteroatoms. The van der Waals surface area contributed by atoms with E-state index in [-0.39, 0.29) is 5.82 Å². The van der Waals surface area contributed by atoms with Crippen LogP contribution in [-0.4, -0.2) is 27.8 Å². The van der Waals surface area contributed by atoms with Crippen molar-refractivity contribution < 1.29 is 9.53 Å². The molecule has 1 amide bonds. The smallest absolute Gasteiger partial charge is 0.295 e. The zero-order valence-corrected chi connectivity index (χ0v) is 19.0. The number of ether oxygens (including phenoxy) is 1. The number of aromatic nitrogens is 3. The van der Waals surface area contributed by atoms with E-state index in [2.05, 4.69) is 31.3 Å². The second kappa shape index (κ2) is 8.73. The normalized spacial score (nSPS) is 10.7. The number of amides is 1. The topological polar surface area (TPSA) is 69.0 Å². The van der Waals surface area contributed by atoms with E-state index in [0.29, 0.717) is 17.3 Å². The molecule has 0 atom stereocenters. The summed E-state index contributed by atoms with van der Waals surface area (Å²) in [5.41, 5.74) is 4.50. The lowest BCUT2D eigenvalue weighted by molar-refractivity contribution is 0.101. The van der Waals surface area contributed by atoms with Crippen LogP contribution >= 0.6 is 15.9 Å². The van der Waals surface area contributed by atoms with Crippen molar-refractivity contribution in [1.82, 2.24) is 14.8 Å². The third kappa shape index (κ3) is 4.22. The largest absolute Gasteiger partial charge is 0.495 e. The van der Waals surface area contributed by atoms with Crippen LogP contribution in [0.3, 0.4) is 0 Å². The van der Waals surface area contributed by atoms with Gasteiger partial charge < -0.3 is 10.1 Å². The van der Waals surface area contributed by atoms with E-state index >= 15 is 0 Å². The molecule has 0 bridgehead atoms. The summed E-state index contributed by atoms with van der Waals surface area (Å²) >= 11 is 3.46. The number of anilines is 1. The lowest BCUT2D eigenvalue weighted by Gasteiger charge is -2.11. The van der Waals surface area contributed by atoms with Crippen LogP contribution in [0.4, 0.5) is 5.69 Å². The summed E-state index contributed by atoms with van der Waals surface area (Å²) in [5, 5.41) is 7.42. The van der Waals surface area contributed by atoms with E-state index in [1.807, 2.05) is 68.4 Å². The Kier molecular flexibility index (Phi) is 5.86. The lowest BCUT2D eigenvalue weighted by atomic mass is 10.1. The standard InChI is InChI=1S/C24H21BrN4O2/c1-15-7-6-9-20(16(15)2)29-23(17-11-13-18(25)14-12-17)27-22(28-29)24(30)26-19-8-4-5-10-21(19)31-3/h4-14H,1-3H3,(H,26,30). The molecule has 4 rings (SSSR count). The van der Waals surface area contributed by atoms with Crippen LogP contribution in [-0.2, 0) is 0 Å². The molecule has 0 saturated carbocycles. The van der Waals surface area contributed by atoms with Crippen LogP contribution in [0.15, 0.2) is 71.2 Å². The van der Waals surface area contributed by atoms with Gasteiger partial charge in [-0.1, -0.05) is 52.3 Å². The first-order chi connectivity index (χ1) is 15.0. The van der Waals surface area contributed by atoms with Crippen LogP contribution < -0.4 is 10.1 Å². The molecule has 31 heavy (non-hydrogen) atoms. The first kappa shape index (κ1) is 20.8. The molecule has 0 aliphatic heterocycles. The van der Waals surface area contributed by atoms with Crippen molar-refractivity contribution in [2.45, 2.75) is 13.8 Å². The molecule has 0 aliphatic rings. The molecular weight excluding hydrogens is 456 g/mol. The minimum atomic E-state index is -0.410. The molecule has 156 valence electrons. The molecule has 0 saturated heterocycles. The number of hydrogen-bond donors (Lipinski definition) is 1. The number of hydrogen-bond acceptors (Lipinski definition) is 4. The summed E-state index contributed by atoms with van der Waals surface area (Å²) in [4.78, 5) is 17.6. The minimum absolute atomic E-state index is 0.0738. The first-order valence-electron chi connectivity index (χ1n) is 9.72. The van der Waals surface area contributed by atoms with Crippen molar-refractivity contribution in [1.29, 1.82) is 0 Å². The molecule has 6 nitrogen and oxygen atoms in total. The van der Waals surface area contributed by atoms with Crippen molar-refractivity contribution >= 4 is 27.5 Å². The van der Waals surface area contributed by atoms with E-state index in [1.165, 1.54) is 0 Å². The number of nitrogens with zero attached hydrogens (tertiary/aromatic N) is 3. The highest BCUT2D eigenvalue weighted by molar-refractivity contribution is 9.10. The lowest BCUT2D eigenvalue weighted by Crippen LogP contribution is -2.15. The number of carbonyl (C=O) groups is 1. The predicted molar refractivity (Wildman–Crippen MR) is 125 cm³/mol. The third-order valence-corrected chi connectivity index (χ3v) is 5.60. The summed E-state index contributed by atoms with van der Waals surface area (Å²) in [7, 11) is 1.56. The van der Waals surface area contributed by atoms with Crippen LogP contribution in [0.2, 0.25) is 0 Å². The Labute approximate surface area is 189 Å². The Morgan fingerprint density at radius 2 is 1.74 bits per heavy atom. The van der Waals surface area contributed by atoms with Gasteiger partial charge in [0.15, 0.2) is 5.82 Å². The Hall–Kier alpha value is -3.45. The average molecular weight is 477 g/mol. The van der Waals surface area contributed by atoms with Gasteiger partial charge in [-0.15, -0.1) is 5.10 Å². The molecule has 0 aliphatic carbocycles. The van der Waals surface area contributed by atoms with Gasteiger partial charge in [-0.05, 0) is 55.3 Å². The summed E-state index contributed by atoms with van der Waals surface area (Å²) < 4.78 is 8.01. The van der Waals surface area contributed by atoms with Gasteiger partial charge in [0.1, 0.15) is 5.75 Å². The van der Waals surface area contributed by atoms with Gasteiger partial charge in [-0.25, -0.2) is 9.67 Å². The number of aryl methyl sites for hydroxylation is 1. The molecule has 0 fully saturated rings. The van der Waals surface area contributed by atoms with Crippen LogP contribution in [0.1, 0.15) is 21.7 Å². The molecule has 0 radical (unpaired) electrons. The Balaban J connectivity index is 1.80. The van der Waals surface area contributed by atoms with Gasteiger partial charge in [-0.2, -0.15) is 0 Å². The predicted octanol–water partition coefficient (Wildman–Crippen LogP) is 5.57. The number of methoxy groups -OCH3 is 1. The van der Waals surface area contributed by atoms with Gasteiger partial charge in [-0.3, -0.25) is 4.79 Å². The summed E-state index contributed by atoms with van der Waals surface area (Å²) in [6, 6.07) is 21.0.